The molecule has 0 aromatic heterocycles. The zero-order valence-electron chi connectivity index (χ0n) is 10.2. The van der Waals surface area contributed by atoms with E-state index in [4.69, 9.17) is 0 Å². The van der Waals surface area contributed by atoms with Crippen molar-refractivity contribution in [1.29, 1.82) is 0 Å². The number of aldehydes is 1. The monoisotopic (exact) mass is 261 g/mol. The van der Waals surface area contributed by atoms with E-state index >= 15 is 0 Å². The molecule has 1 aromatic carbocycles. The van der Waals surface area contributed by atoms with Crippen LogP contribution < -0.4 is 0 Å². The van der Waals surface area contributed by atoms with Gasteiger partial charge in [-0.1, -0.05) is 11.8 Å². The summed E-state index contributed by atoms with van der Waals surface area (Å²) in [7, 11) is 0. The Hall–Kier alpha value is -2.68. The highest BCUT2D eigenvalue weighted by Crippen LogP contribution is 2.18. The van der Waals surface area contributed by atoms with Gasteiger partial charge in [0.2, 0.25) is 0 Å². The van der Waals surface area contributed by atoms with Gasteiger partial charge in [-0.05, 0) is 19.1 Å². The minimum absolute atomic E-state index is 0.138. The summed E-state index contributed by atoms with van der Waals surface area (Å²) in [6.45, 7) is 1.93. The van der Waals surface area contributed by atoms with Crippen molar-refractivity contribution in [2.75, 3.05) is 6.61 Å². The minimum atomic E-state index is -0.624. The number of hydrogen-bond donors (Lipinski definition) is 0. The Balaban J connectivity index is 2.95. The first-order valence-electron chi connectivity index (χ1n) is 5.46. The normalized spacial score (nSPS) is 9.11. The second-order valence-corrected chi connectivity index (χ2v) is 3.44. The lowest BCUT2D eigenvalue weighted by molar-refractivity contribution is -0.385. The van der Waals surface area contributed by atoms with Crippen LogP contribution in [-0.2, 0) is 9.53 Å². The van der Waals surface area contributed by atoms with Crippen LogP contribution in [0.2, 0.25) is 0 Å². The van der Waals surface area contributed by atoms with E-state index in [1.807, 2.05) is 0 Å². The molecule has 19 heavy (non-hydrogen) atoms. The molecule has 0 radical (unpaired) electrons. The lowest BCUT2D eigenvalue weighted by atomic mass is 10.1. The van der Waals surface area contributed by atoms with Gasteiger partial charge in [0.25, 0.3) is 5.69 Å². The summed E-state index contributed by atoms with van der Waals surface area (Å²) in [6.07, 6.45) is 0.378. The maximum atomic E-state index is 11.0. The third-order valence-electron chi connectivity index (χ3n) is 2.12. The molecule has 1 rings (SSSR count). The highest BCUT2D eigenvalue weighted by atomic mass is 16.6. The first kappa shape index (κ1) is 14.4. The molecule has 0 fully saturated rings. The summed E-state index contributed by atoms with van der Waals surface area (Å²) in [5, 5.41) is 10.8. The van der Waals surface area contributed by atoms with Gasteiger partial charge in [-0.15, -0.1) is 0 Å². The van der Waals surface area contributed by atoms with Crippen molar-refractivity contribution in [3.05, 3.63) is 39.4 Å². The van der Waals surface area contributed by atoms with Crippen LogP contribution in [0.25, 0.3) is 0 Å². The van der Waals surface area contributed by atoms with Crippen LogP contribution in [0.5, 0.6) is 0 Å². The minimum Gasteiger partial charge on any atom is -0.465 e. The number of rotatable bonds is 4. The van der Waals surface area contributed by atoms with Crippen LogP contribution in [0.3, 0.4) is 0 Å². The average molecular weight is 261 g/mol. The molecule has 0 spiro atoms. The quantitative estimate of drug-likeness (QED) is 0.271. The average Bonchev–Trinajstić information content (AvgIpc) is 2.39. The highest BCUT2D eigenvalue weighted by Gasteiger charge is 2.12. The van der Waals surface area contributed by atoms with Gasteiger partial charge in [0.15, 0.2) is 0 Å². The van der Waals surface area contributed by atoms with E-state index in [0.717, 1.165) is 6.07 Å². The van der Waals surface area contributed by atoms with Crippen molar-refractivity contribution < 1.29 is 19.2 Å². The molecule has 0 saturated heterocycles. The predicted molar refractivity (Wildman–Crippen MR) is 66.6 cm³/mol. The number of nitro benzene ring substituents is 1. The predicted octanol–water partition coefficient (Wildman–Crippen LogP) is 1.71. The first-order valence-corrected chi connectivity index (χ1v) is 5.46. The van der Waals surface area contributed by atoms with Crippen LogP contribution in [0, 0.1) is 22.0 Å². The Kier molecular flexibility index (Phi) is 5.23. The fraction of sp³-hybridized carbons (Fsp3) is 0.231. The molecule has 0 amide bonds. The van der Waals surface area contributed by atoms with E-state index in [-0.39, 0.29) is 29.8 Å². The Morgan fingerprint density at radius 3 is 2.84 bits per heavy atom. The number of nitro groups is 1. The molecule has 6 nitrogen and oxygen atoms in total. The van der Waals surface area contributed by atoms with E-state index in [1.165, 1.54) is 12.1 Å². The molecule has 0 aliphatic carbocycles. The molecular weight excluding hydrogens is 250 g/mol. The lowest BCUT2D eigenvalue weighted by Gasteiger charge is -1.97. The molecule has 98 valence electrons. The molecule has 6 heteroatoms. The Morgan fingerprint density at radius 1 is 1.53 bits per heavy atom. The summed E-state index contributed by atoms with van der Waals surface area (Å²) in [5.41, 5.74) is 0.0866. The van der Waals surface area contributed by atoms with E-state index in [0.29, 0.717) is 6.29 Å². The molecule has 1 aromatic rings. The maximum Gasteiger partial charge on any atom is 0.317 e. The first-order chi connectivity index (χ1) is 9.08. The lowest BCUT2D eigenvalue weighted by Crippen LogP contribution is -2.01. The van der Waals surface area contributed by atoms with Crippen LogP contribution in [0.1, 0.15) is 29.3 Å². The van der Waals surface area contributed by atoms with Gasteiger partial charge >= 0.3 is 5.97 Å². The van der Waals surface area contributed by atoms with Gasteiger partial charge in [-0.3, -0.25) is 19.7 Å². The Labute approximate surface area is 109 Å². The zero-order valence-corrected chi connectivity index (χ0v) is 10.2. The van der Waals surface area contributed by atoms with Crippen LogP contribution in [0.4, 0.5) is 5.69 Å². The maximum absolute atomic E-state index is 11.0. The van der Waals surface area contributed by atoms with Gasteiger partial charge in [0.1, 0.15) is 18.3 Å². The van der Waals surface area contributed by atoms with Gasteiger partial charge < -0.3 is 4.74 Å². The summed E-state index contributed by atoms with van der Waals surface area (Å²) in [6, 6.07) is 3.94. The van der Waals surface area contributed by atoms with Crippen LogP contribution in [0.15, 0.2) is 18.2 Å². The number of nitrogens with zero attached hydrogens (tertiary/aromatic N) is 1. The zero-order chi connectivity index (χ0) is 14.3. The molecule has 0 aliphatic rings. The van der Waals surface area contributed by atoms with E-state index in [9.17, 15) is 19.7 Å². The number of carbonyl (C=O) groups excluding carboxylic acids is 2. The molecular formula is C13H11NO5. The van der Waals surface area contributed by atoms with Gasteiger partial charge in [0.05, 0.1) is 11.5 Å². The number of benzene rings is 1. The SMILES string of the molecule is CCOC(=O)CC#Cc1ccc(C=O)cc1[N+](=O)[O-]. The van der Waals surface area contributed by atoms with Gasteiger partial charge in [-0.25, -0.2) is 0 Å². The number of carbonyl (C=O) groups is 2. The Morgan fingerprint density at radius 2 is 2.26 bits per heavy atom. The molecule has 0 N–H and O–H groups in total. The third kappa shape index (κ3) is 4.24. The smallest absolute Gasteiger partial charge is 0.317 e. The fourth-order valence-electron chi connectivity index (χ4n) is 1.30. The van der Waals surface area contributed by atoms with Crippen LogP contribution >= 0.6 is 0 Å². The topological polar surface area (TPSA) is 86.5 Å². The third-order valence-corrected chi connectivity index (χ3v) is 2.12. The van der Waals surface area contributed by atoms with E-state index in [2.05, 4.69) is 16.6 Å². The van der Waals surface area contributed by atoms with Crippen molar-refractivity contribution in [2.24, 2.45) is 0 Å². The van der Waals surface area contributed by atoms with Crippen molar-refractivity contribution in [2.45, 2.75) is 13.3 Å². The van der Waals surface area contributed by atoms with Crippen molar-refractivity contribution in [3.63, 3.8) is 0 Å². The van der Waals surface area contributed by atoms with Crippen molar-refractivity contribution >= 4 is 17.9 Å². The van der Waals surface area contributed by atoms with Crippen molar-refractivity contribution in [3.8, 4) is 11.8 Å². The summed E-state index contributed by atoms with van der Waals surface area (Å²) < 4.78 is 4.67. The molecule has 0 aliphatic heterocycles. The van der Waals surface area contributed by atoms with Crippen LogP contribution in [-0.4, -0.2) is 23.8 Å². The molecule has 0 bridgehead atoms. The number of ether oxygens (including phenoxy) is 1. The second-order valence-electron chi connectivity index (χ2n) is 3.44. The second kappa shape index (κ2) is 6.91. The van der Waals surface area contributed by atoms with E-state index < -0.39 is 10.9 Å². The Bertz CT molecular complexity index is 568. The fourth-order valence-corrected chi connectivity index (χ4v) is 1.30. The largest absolute Gasteiger partial charge is 0.465 e. The summed E-state index contributed by atoms with van der Waals surface area (Å²) in [4.78, 5) is 31.8. The molecule has 0 heterocycles. The van der Waals surface area contributed by atoms with Gasteiger partial charge in [0, 0.05) is 11.6 Å². The molecule has 0 unspecified atom stereocenters. The molecule has 0 atom stereocenters. The number of esters is 1. The van der Waals surface area contributed by atoms with E-state index in [1.54, 1.807) is 6.92 Å². The number of hydrogen-bond acceptors (Lipinski definition) is 5. The van der Waals surface area contributed by atoms with Crippen molar-refractivity contribution in [1.82, 2.24) is 0 Å². The summed E-state index contributed by atoms with van der Waals surface area (Å²) in [5.74, 6) is 4.54. The molecule has 0 saturated carbocycles. The summed E-state index contributed by atoms with van der Waals surface area (Å²) >= 11 is 0. The van der Waals surface area contributed by atoms with Gasteiger partial charge in [-0.2, -0.15) is 0 Å². The standard InChI is InChI=1S/C13H11NO5/c1-2-19-13(16)5-3-4-11-7-6-10(9-15)8-12(11)14(17)18/h6-9H,2,5H2,1H3. The highest BCUT2D eigenvalue weighted by molar-refractivity contribution is 5.77.